The highest BCUT2D eigenvalue weighted by Crippen LogP contribution is 2.58. The number of hydrogen-bond acceptors (Lipinski definition) is 2. The molecule has 0 bridgehead atoms. The van der Waals surface area contributed by atoms with Gasteiger partial charge < -0.3 is 9.47 Å². The lowest BCUT2D eigenvalue weighted by Crippen LogP contribution is -2.42. The molecule has 2 unspecified atom stereocenters. The van der Waals surface area contributed by atoms with Gasteiger partial charge in [-0.05, 0) is 80.7 Å². The monoisotopic (exact) mass is 696 g/mol. The first-order valence-corrected chi connectivity index (χ1v) is 21.9. The Bertz CT molecular complexity index is 2020. The highest BCUT2D eigenvalue weighted by Gasteiger charge is 2.49. The van der Waals surface area contributed by atoms with Gasteiger partial charge in [0.2, 0.25) is 0 Å². The Kier molecular flexibility index (Phi) is 9.19. The molecule has 0 amide bonds. The molecule has 0 saturated heterocycles. The van der Waals surface area contributed by atoms with E-state index in [1.165, 1.54) is 72.3 Å². The summed E-state index contributed by atoms with van der Waals surface area (Å²) in [6.07, 6.45) is 4.96. The molecule has 6 rings (SSSR count). The van der Waals surface area contributed by atoms with Gasteiger partial charge in [-0.25, -0.2) is 0 Å². The van der Waals surface area contributed by atoms with E-state index in [1.807, 2.05) is 14.2 Å². The molecule has 0 aromatic heterocycles. The van der Waals surface area contributed by atoms with Crippen LogP contribution in [-0.2, 0) is 16.2 Å². The average molecular weight is 697 g/mol. The zero-order valence-electron chi connectivity index (χ0n) is 34.0. The van der Waals surface area contributed by atoms with Crippen molar-refractivity contribution in [1.82, 2.24) is 0 Å². The van der Waals surface area contributed by atoms with Gasteiger partial charge in [0.25, 0.3) is 0 Å². The van der Waals surface area contributed by atoms with Crippen LogP contribution >= 0.6 is 0 Å². The second-order valence-corrected chi connectivity index (χ2v) is 23.7. The molecule has 0 saturated carbocycles. The molecule has 0 heterocycles. The Morgan fingerprint density at radius 1 is 0.588 bits per heavy atom. The van der Waals surface area contributed by atoms with Gasteiger partial charge in [0, 0.05) is 27.8 Å². The number of allylic oxidation sites excluding steroid dienone is 2. The fourth-order valence-corrected chi connectivity index (χ4v) is 14.0. The molecule has 0 spiro atoms. The lowest BCUT2D eigenvalue weighted by Gasteiger charge is -2.40. The van der Waals surface area contributed by atoms with Crippen LogP contribution in [0.5, 0.6) is 11.5 Å². The number of hydrogen-bond donors (Lipinski definition) is 0. The van der Waals surface area contributed by atoms with Gasteiger partial charge in [0.1, 0.15) is 11.5 Å². The maximum absolute atomic E-state index is 6.30. The van der Waals surface area contributed by atoms with Crippen LogP contribution in [0.3, 0.4) is 0 Å². The predicted molar refractivity (Wildman–Crippen MR) is 223 cm³/mol. The number of methoxy groups -OCH3 is 2. The zero-order valence-corrected chi connectivity index (χ0v) is 35.0. The number of rotatable bonds is 6. The van der Waals surface area contributed by atoms with Crippen LogP contribution in [0.1, 0.15) is 126 Å². The molecule has 4 aromatic rings. The molecule has 0 N–H and O–H groups in total. The van der Waals surface area contributed by atoms with Gasteiger partial charge in [-0.15, -0.1) is 0 Å². The molecule has 2 nitrogen and oxygen atoms in total. The maximum atomic E-state index is 6.30. The largest absolute Gasteiger partial charge is 0.496 e. The van der Waals surface area contributed by atoms with Crippen molar-refractivity contribution < 1.29 is 9.47 Å². The Morgan fingerprint density at radius 2 is 1.16 bits per heavy atom. The summed E-state index contributed by atoms with van der Waals surface area (Å²) in [6.45, 7) is 30.8. The topological polar surface area (TPSA) is 18.5 Å². The number of ether oxygens (including phenoxy) is 2. The van der Waals surface area contributed by atoms with E-state index >= 15 is 0 Å². The first-order chi connectivity index (χ1) is 23.7. The molecule has 268 valence electrons. The fourth-order valence-electron chi connectivity index (χ4n) is 9.11. The molecule has 0 fully saturated rings. The van der Waals surface area contributed by atoms with E-state index in [9.17, 15) is 0 Å². The first kappa shape index (κ1) is 37.0. The predicted octanol–water partition coefficient (Wildman–Crippen LogP) is 13.4. The van der Waals surface area contributed by atoms with Crippen LogP contribution in [0.15, 0.2) is 77.9 Å². The van der Waals surface area contributed by atoms with E-state index < -0.39 is 8.07 Å². The SMILES string of the molecule is COc1ccc(-c2cc(C(C)(C)C)cc(C(C)(C)C)c2)c2c1C([Si](C)(C)C1C(C)=Cc3c1cc(C(C)(C)C)c(OC)c3-c1ccccc1)C(C)=C2. The molecule has 51 heavy (non-hydrogen) atoms. The Balaban J connectivity index is 1.57. The summed E-state index contributed by atoms with van der Waals surface area (Å²) in [4.78, 5) is 0. The smallest absolute Gasteiger partial charge is 0.131 e. The van der Waals surface area contributed by atoms with Crippen molar-refractivity contribution >= 4 is 20.2 Å². The van der Waals surface area contributed by atoms with E-state index in [0.717, 1.165) is 11.5 Å². The van der Waals surface area contributed by atoms with Gasteiger partial charge in [-0.2, -0.15) is 0 Å². The zero-order chi connectivity index (χ0) is 37.4. The third-order valence-electron chi connectivity index (χ3n) is 11.6. The van der Waals surface area contributed by atoms with Crippen LogP contribution < -0.4 is 9.47 Å². The van der Waals surface area contributed by atoms with Crippen LogP contribution in [0, 0.1) is 0 Å². The average Bonchev–Trinajstić information content (AvgIpc) is 3.58. The van der Waals surface area contributed by atoms with Crippen molar-refractivity contribution in [3.8, 4) is 33.8 Å². The van der Waals surface area contributed by atoms with Gasteiger partial charge in [-0.3, -0.25) is 0 Å². The summed E-state index contributed by atoms with van der Waals surface area (Å²) in [5, 5.41) is 0. The van der Waals surface area contributed by atoms with Crippen molar-refractivity contribution in [3.05, 3.63) is 117 Å². The lowest BCUT2D eigenvalue weighted by atomic mass is 9.78. The van der Waals surface area contributed by atoms with Gasteiger partial charge in [-0.1, -0.05) is 159 Å². The lowest BCUT2D eigenvalue weighted by molar-refractivity contribution is 0.399. The van der Waals surface area contributed by atoms with Crippen molar-refractivity contribution in [3.63, 3.8) is 0 Å². The number of benzene rings is 4. The Labute approximate surface area is 310 Å². The van der Waals surface area contributed by atoms with Gasteiger partial charge >= 0.3 is 0 Å². The van der Waals surface area contributed by atoms with E-state index in [0.29, 0.717) is 11.1 Å². The van der Waals surface area contributed by atoms with Crippen LogP contribution in [0.25, 0.3) is 34.4 Å². The van der Waals surface area contributed by atoms with Crippen molar-refractivity contribution in [2.75, 3.05) is 14.2 Å². The normalized spacial score (nSPS) is 17.5. The Hall–Kier alpha value is -3.82. The molecule has 0 radical (unpaired) electrons. The van der Waals surface area contributed by atoms with E-state index in [4.69, 9.17) is 9.47 Å². The standard InChI is InChI=1S/C48H60O2Si/c1-29-23-37-38(28-39(48(9,10)11)43(50-13)41(37)31-19-17-16-18-20-31)44(29)51(14,15)45-30(2)24-36-35(21-22-40(49-12)42(36)45)32-25-33(46(3,4)5)27-34(26-32)47(6,7)8/h16-28,44-45H,1-15H3. The van der Waals surface area contributed by atoms with Crippen LogP contribution in [-0.4, -0.2) is 22.3 Å². The first-order valence-electron chi connectivity index (χ1n) is 18.7. The highest BCUT2D eigenvalue weighted by molar-refractivity contribution is 6.81. The minimum atomic E-state index is -2.21. The molecular formula is C48H60O2Si. The molecule has 4 aromatic carbocycles. The minimum Gasteiger partial charge on any atom is -0.496 e. The second kappa shape index (κ2) is 12.7. The summed E-state index contributed by atoms with van der Waals surface area (Å²) in [6, 6.07) is 25.2. The van der Waals surface area contributed by atoms with Crippen molar-refractivity contribution in [2.24, 2.45) is 0 Å². The van der Waals surface area contributed by atoms with Gasteiger partial charge in [0.05, 0.1) is 22.3 Å². The summed E-state index contributed by atoms with van der Waals surface area (Å²) in [5.74, 6) is 2.00. The molecule has 2 atom stereocenters. The molecule has 2 aliphatic carbocycles. The quantitative estimate of drug-likeness (QED) is 0.187. The van der Waals surface area contributed by atoms with Crippen LogP contribution in [0.4, 0.5) is 0 Å². The molecular weight excluding hydrogens is 637 g/mol. The molecule has 0 aliphatic heterocycles. The summed E-state index contributed by atoms with van der Waals surface area (Å²) < 4.78 is 12.6. The summed E-state index contributed by atoms with van der Waals surface area (Å²) in [5.41, 5.74) is 18.1. The second-order valence-electron chi connectivity index (χ2n) is 18.9. The molecule has 2 aliphatic rings. The minimum absolute atomic E-state index is 0.0434. The highest BCUT2D eigenvalue weighted by atomic mass is 28.3. The number of fused-ring (bicyclic) bond motifs is 2. The third-order valence-corrected chi connectivity index (χ3v) is 16.1. The van der Waals surface area contributed by atoms with Crippen LogP contribution in [0.2, 0.25) is 13.1 Å². The van der Waals surface area contributed by atoms with E-state index in [-0.39, 0.29) is 16.2 Å². The third kappa shape index (κ3) is 6.34. The fraction of sp³-hybridized carbons (Fsp3) is 0.417. The van der Waals surface area contributed by atoms with Crippen molar-refractivity contribution in [2.45, 2.75) is 117 Å². The molecule has 3 heteroatoms. The van der Waals surface area contributed by atoms with Gasteiger partial charge in [0.15, 0.2) is 0 Å². The van der Waals surface area contributed by atoms with E-state index in [2.05, 4.69) is 168 Å². The van der Waals surface area contributed by atoms with Crippen molar-refractivity contribution in [1.29, 1.82) is 0 Å². The Morgan fingerprint density at radius 3 is 1.69 bits per heavy atom. The maximum Gasteiger partial charge on any atom is 0.131 e. The van der Waals surface area contributed by atoms with E-state index in [1.54, 1.807) is 0 Å². The summed E-state index contributed by atoms with van der Waals surface area (Å²) >= 11 is 0. The summed E-state index contributed by atoms with van der Waals surface area (Å²) in [7, 11) is 1.47.